The summed E-state index contributed by atoms with van der Waals surface area (Å²) in [7, 11) is 0. The molecule has 0 aliphatic carbocycles. The van der Waals surface area contributed by atoms with Crippen LogP contribution in [0.4, 0.5) is 0 Å². The largest absolute Gasteiger partial charge is 0.488 e. The van der Waals surface area contributed by atoms with E-state index in [1.807, 2.05) is 12.1 Å². The Bertz CT molecular complexity index is 431. The Hall–Kier alpha value is -1.55. The van der Waals surface area contributed by atoms with E-state index in [-0.39, 0.29) is 6.10 Å². The van der Waals surface area contributed by atoms with Gasteiger partial charge >= 0.3 is 5.97 Å². The van der Waals surface area contributed by atoms with Crippen molar-refractivity contribution in [2.75, 3.05) is 6.54 Å². The fraction of sp³-hybridized carbons (Fsp3) is 0.462. The second-order valence-electron chi connectivity index (χ2n) is 4.52. The Labute approximate surface area is 101 Å². The van der Waals surface area contributed by atoms with Gasteiger partial charge in [-0.1, -0.05) is 17.7 Å². The highest BCUT2D eigenvalue weighted by atomic mass is 16.5. The number of aliphatic carboxylic acids is 1. The lowest BCUT2D eigenvalue weighted by Gasteiger charge is -2.14. The monoisotopic (exact) mass is 235 g/mol. The van der Waals surface area contributed by atoms with Crippen LogP contribution in [-0.2, 0) is 11.2 Å². The van der Waals surface area contributed by atoms with Crippen molar-refractivity contribution in [1.29, 1.82) is 0 Å². The lowest BCUT2D eigenvalue weighted by molar-refractivity contribution is -0.139. The standard InChI is InChI=1S/C13H17NO3/c1-8-3-4-12-10(5-8)6-11(17-12)7-14-9(2)13(15)16/h3-5,9,11,14H,6-7H2,1-2H3,(H,15,16). The van der Waals surface area contributed by atoms with Crippen molar-refractivity contribution in [2.24, 2.45) is 0 Å². The van der Waals surface area contributed by atoms with Crippen molar-refractivity contribution in [3.05, 3.63) is 29.3 Å². The summed E-state index contributed by atoms with van der Waals surface area (Å²) in [5.74, 6) is 0.0849. The number of aryl methyl sites for hydroxylation is 1. The first-order valence-electron chi connectivity index (χ1n) is 5.78. The Kier molecular flexibility index (Phi) is 3.33. The average Bonchev–Trinajstić information content (AvgIpc) is 2.67. The number of fused-ring (bicyclic) bond motifs is 1. The van der Waals surface area contributed by atoms with Gasteiger partial charge in [0.1, 0.15) is 17.9 Å². The summed E-state index contributed by atoms with van der Waals surface area (Å²) in [6.45, 7) is 4.24. The van der Waals surface area contributed by atoms with Crippen molar-refractivity contribution >= 4 is 5.97 Å². The Morgan fingerprint density at radius 1 is 1.65 bits per heavy atom. The number of hydrogen-bond acceptors (Lipinski definition) is 3. The van der Waals surface area contributed by atoms with Crippen molar-refractivity contribution < 1.29 is 14.6 Å². The van der Waals surface area contributed by atoms with Gasteiger partial charge in [-0.3, -0.25) is 4.79 Å². The molecule has 0 saturated heterocycles. The average molecular weight is 235 g/mol. The molecule has 1 aromatic rings. The number of nitrogens with one attached hydrogen (secondary N) is 1. The zero-order chi connectivity index (χ0) is 12.4. The van der Waals surface area contributed by atoms with Crippen LogP contribution in [0.3, 0.4) is 0 Å². The topological polar surface area (TPSA) is 58.6 Å². The minimum atomic E-state index is -0.837. The van der Waals surface area contributed by atoms with Gasteiger partial charge in [0, 0.05) is 13.0 Å². The second kappa shape index (κ2) is 4.75. The lowest BCUT2D eigenvalue weighted by Crippen LogP contribution is -2.40. The fourth-order valence-corrected chi connectivity index (χ4v) is 1.96. The smallest absolute Gasteiger partial charge is 0.320 e. The van der Waals surface area contributed by atoms with Gasteiger partial charge in [-0.25, -0.2) is 0 Å². The normalized spacial score (nSPS) is 19.5. The summed E-state index contributed by atoms with van der Waals surface area (Å²) in [5, 5.41) is 11.7. The van der Waals surface area contributed by atoms with Crippen LogP contribution in [0.15, 0.2) is 18.2 Å². The summed E-state index contributed by atoms with van der Waals surface area (Å²) in [6.07, 6.45) is 0.879. The third-order valence-corrected chi connectivity index (χ3v) is 2.98. The number of carbonyl (C=O) groups is 1. The molecule has 0 bridgehead atoms. The number of hydrogen-bond donors (Lipinski definition) is 2. The van der Waals surface area contributed by atoms with E-state index in [4.69, 9.17) is 9.84 Å². The van der Waals surface area contributed by atoms with Crippen LogP contribution in [0.25, 0.3) is 0 Å². The summed E-state index contributed by atoms with van der Waals surface area (Å²) in [5.41, 5.74) is 2.43. The molecule has 1 aliphatic heterocycles. The van der Waals surface area contributed by atoms with Crippen molar-refractivity contribution in [2.45, 2.75) is 32.4 Å². The molecule has 1 heterocycles. The minimum absolute atomic E-state index is 0.0357. The van der Waals surface area contributed by atoms with Crippen molar-refractivity contribution in [1.82, 2.24) is 5.32 Å². The molecule has 2 atom stereocenters. The highest BCUT2D eigenvalue weighted by Crippen LogP contribution is 2.29. The van der Waals surface area contributed by atoms with Crippen LogP contribution in [0.2, 0.25) is 0 Å². The van der Waals surface area contributed by atoms with Crippen LogP contribution in [0.5, 0.6) is 5.75 Å². The molecule has 0 aromatic heterocycles. The maximum absolute atomic E-state index is 10.7. The first-order valence-corrected chi connectivity index (χ1v) is 5.78. The third kappa shape index (κ3) is 2.77. The van der Waals surface area contributed by atoms with Gasteiger partial charge in [0.25, 0.3) is 0 Å². The number of rotatable bonds is 4. The number of carboxylic acids is 1. The van der Waals surface area contributed by atoms with Crippen LogP contribution in [0.1, 0.15) is 18.1 Å². The molecule has 0 fully saturated rings. The van der Waals surface area contributed by atoms with Crippen LogP contribution in [-0.4, -0.2) is 29.8 Å². The molecule has 1 aromatic carbocycles. The zero-order valence-electron chi connectivity index (χ0n) is 10.1. The van der Waals surface area contributed by atoms with Crippen LogP contribution >= 0.6 is 0 Å². The maximum Gasteiger partial charge on any atom is 0.320 e. The fourth-order valence-electron chi connectivity index (χ4n) is 1.96. The summed E-state index contributed by atoms with van der Waals surface area (Å²) < 4.78 is 5.74. The lowest BCUT2D eigenvalue weighted by atomic mass is 10.1. The van der Waals surface area contributed by atoms with Gasteiger partial charge in [0.2, 0.25) is 0 Å². The van der Waals surface area contributed by atoms with Crippen LogP contribution in [0, 0.1) is 6.92 Å². The van der Waals surface area contributed by atoms with Gasteiger partial charge in [0.15, 0.2) is 0 Å². The van der Waals surface area contributed by atoms with Gasteiger partial charge in [-0.2, -0.15) is 0 Å². The minimum Gasteiger partial charge on any atom is -0.488 e. The molecular formula is C13H17NO3. The molecule has 2 N–H and O–H groups in total. The van der Waals surface area contributed by atoms with E-state index in [0.29, 0.717) is 6.54 Å². The molecule has 0 saturated carbocycles. The molecular weight excluding hydrogens is 218 g/mol. The molecule has 4 heteroatoms. The summed E-state index contributed by atoms with van der Waals surface area (Å²) >= 11 is 0. The van der Waals surface area contributed by atoms with E-state index < -0.39 is 12.0 Å². The maximum atomic E-state index is 10.7. The molecule has 4 nitrogen and oxygen atoms in total. The van der Waals surface area contributed by atoms with E-state index in [2.05, 4.69) is 18.3 Å². The molecule has 2 rings (SSSR count). The van der Waals surface area contributed by atoms with Gasteiger partial charge < -0.3 is 15.2 Å². The zero-order valence-corrected chi connectivity index (χ0v) is 10.1. The molecule has 1 aliphatic rings. The summed E-state index contributed by atoms with van der Waals surface area (Å²) in [6, 6.07) is 5.58. The molecule has 17 heavy (non-hydrogen) atoms. The first kappa shape index (κ1) is 11.9. The molecule has 92 valence electrons. The number of carboxylic acid groups (broad SMARTS) is 1. The highest BCUT2D eigenvalue weighted by Gasteiger charge is 2.23. The quantitative estimate of drug-likeness (QED) is 0.827. The highest BCUT2D eigenvalue weighted by molar-refractivity contribution is 5.72. The Morgan fingerprint density at radius 3 is 3.12 bits per heavy atom. The predicted molar refractivity (Wildman–Crippen MR) is 64.4 cm³/mol. The van der Waals surface area contributed by atoms with E-state index in [1.54, 1.807) is 6.92 Å². The molecule has 2 unspecified atom stereocenters. The SMILES string of the molecule is Cc1ccc2c(c1)CC(CNC(C)C(=O)O)O2. The van der Waals surface area contributed by atoms with E-state index >= 15 is 0 Å². The van der Waals surface area contributed by atoms with Crippen molar-refractivity contribution in [3.8, 4) is 5.75 Å². The molecule has 0 radical (unpaired) electrons. The first-order chi connectivity index (χ1) is 8.06. The van der Waals surface area contributed by atoms with Gasteiger partial charge in [-0.15, -0.1) is 0 Å². The van der Waals surface area contributed by atoms with Gasteiger partial charge in [-0.05, 0) is 25.5 Å². The second-order valence-corrected chi connectivity index (χ2v) is 4.52. The molecule has 0 spiro atoms. The Balaban J connectivity index is 1.90. The van der Waals surface area contributed by atoms with Gasteiger partial charge in [0.05, 0.1) is 0 Å². The number of benzene rings is 1. The number of ether oxygens (including phenoxy) is 1. The summed E-state index contributed by atoms with van der Waals surface area (Å²) in [4.78, 5) is 10.7. The van der Waals surface area contributed by atoms with E-state index in [9.17, 15) is 4.79 Å². The van der Waals surface area contributed by atoms with Crippen LogP contribution < -0.4 is 10.1 Å². The Morgan fingerprint density at radius 2 is 2.41 bits per heavy atom. The van der Waals surface area contributed by atoms with E-state index in [0.717, 1.165) is 12.2 Å². The molecule has 0 amide bonds. The van der Waals surface area contributed by atoms with Crippen molar-refractivity contribution in [3.63, 3.8) is 0 Å². The van der Waals surface area contributed by atoms with E-state index in [1.165, 1.54) is 11.1 Å². The third-order valence-electron chi connectivity index (χ3n) is 2.98. The predicted octanol–water partition coefficient (Wildman–Crippen LogP) is 1.36.